The molecule has 0 radical (unpaired) electrons. The van der Waals surface area contributed by atoms with Crippen LogP contribution in [0, 0.1) is 11.5 Å². The normalized spacial score (nSPS) is 10.7. The van der Waals surface area contributed by atoms with E-state index in [1.807, 2.05) is 0 Å². The van der Waals surface area contributed by atoms with Gasteiger partial charge in [0.25, 0.3) is 0 Å². The molecule has 0 bridgehead atoms. The molecule has 0 aromatic heterocycles. The van der Waals surface area contributed by atoms with Gasteiger partial charge in [-0.25, -0.2) is 0 Å². The minimum Gasteiger partial charge on any atom is -0.330 e. The van der Waals surface area contributed by atoms with Gasteiger partial charge in [-0.15, -0.1) is 0 Å². The maximum absolute atomic E-state index is 8.18. The monoisotopic (exact) mass is 158 g/mol. The number of amidine groups is 1. The molecular weight excluding hydrogens is 148 g/mol. The molecule has 4 nitrogen and oxygen atoms in total. The first-order valence-corrected chi connectivity index (χ1v) is 3.78. The maximum Gasteiger partial charge on any atom is 0.183 e. The number of hydrogen-bond donors (Lipinski definition) is 2. The van der Waals surface area contributed by atoms with Gasteiger partial charge in [0.05, 0.1) is 0 Å². The minimum absolute atomic E-state index is 0.594. The first-order valence-electron chi connectivity index (χ1n) is 2.80. The summed E-state index contributed by atoms with van der Waals surface area (Å²) in [4.78, 5) is 3.81. The molecule has 0 amide bonds. The molecule has 0 unspecified atom stereocenters. The Hall–Kier alpha value is -0.730. The van der Waals surface area contributed by atoms with Crippen LogP contribution < -0.4 is 11.1 Å². The third-order valence-corrected chi connectivity index (χ3v) is 1.72. The third-order valence-electron chi connectivity index (χ3n) is 0.723. The molecule has 0 fully saturated rings. The Labute approximate surface area is 64.5 Å². The van der Waals surface area contributed by atoms with Crippen LogP contribution in [0.15, 0.2) is 4.99 Å². The summed E-state index contributed by atoms with van der Waals surface area (Å²) in [7, 11) is 1.63. The van der Waals surface area contributed by atoms with E-state index in [-0.39, 0.29) is 0 Å². The van der Waals surface area contributed by atoms with Gasteiger partial charge < -0.3 is 5.73 Å². The zero-order valence-corrected chi connectivity index (χ0v) is 6.61. The van der Waals surface area contributed by atoms with Gasteiger partial charge in [0.15, 0.2) is 11.4 Å². The Morgan fingerprint density at radius 3 is 3.00 bits per heavy atom. The predicted molar refractivity (Wildman–Crippen MR) is 43.6 cm³/mol. The number of nitrogens with zero attached hydrogens (tertiary/aromatic N) is 2. The Morgan fingerprint density at radius 2 is 2.60 bits per heavy atom. The van der Waals surface area contributed by atoms with Crippen molar-refractivity contribution in [2.45, 2.75) is 0 Å². The molecule has 0 rings (SSSR count). The lowest BCUT2D eigenvalue weighted by Gasteiger charge is -1.98. The van der Waals surface area contributed by atoms with Crippen LogP contribution in [0.4, 0.5) is 0 Å². The van der Waals surface area contributed by atoms with Crippen molar-refractivity contribution in [2.75, 3.05) is 19.3 Å². The highest BCUT2D eigenvalue weighted by molar-refractivity contribution is 8.13. The largest absolute Gasteiger partial charge is 0.330 e. The fraction of sp³-hybridized carbons (Fsp3) is 0.600. The van der Waals surface area contributed by atoms with Crippen molar-refractivity contribution in [3.05, 3.63) is 0 Å². The molecular formula is C5H10N4S. The molecule has 0 saturated heterocycles. The molecule has 0 aromatic rings. The molecule has 0 atom stereocenters. The van der Waals surface area contributed by atoms with E-state index in [9.17, 15) is 0 Å². The second-order valence-electron chi connectivity index (χ2n) is 1.40. The van der Waals surface area contributed by atoms with Gasteiger partial charge >= 0.3 is 0 Å². The number of nitrogens with two attached hydrogens (primary N) is 1. The molecule has 0 heterocycles. The van der Waals surface area contributed by atoms with Crippen molar-refractivity contribution < 1.29 is 0 Å². The lowest BCUT2D eigenvalue weighted by Crippen LogP contribution is -2.15. The molecule has 5 heteroatoms. The molecule has 56 valence electrons. The van der Waals surface area contributed by atoms with Crippen LogP contribution in [0.3, 0.4) is 0 Å². The van der Waals surface area contributed by atoms with Crippen LogP contribution in [0.25, 0.3) is 0 Å². The fourth-order valence-electron chi connectivity index (χ4n) is 0.360. The third kappa shape index (κ3) is 4.18. The smallest absolute Gasteiger partial charge is 0.183 e. The van der Waals surface area contributed by atoms with Crippen LogP contribution in [0.1, 0.15) is 0 Å². The zero-order valence-electron chi connectivity index (χ0n) is 5.79. The summed E-state index contributed by atoms with van der Waals surface area (Å²) in [6.45, 7) is 0.594. The van der Waals surface area contributed by atoms with Crippen LogP contribution in [-0.4, -0.2) is 24.5 Å². The van der Waals surface area contributed by atoms with E-state index in [1.165, 1.54) is 11.8 Å². The Bertz CT molecular complexity index is 148. The molecule has 0 saturated carbocycles. The number of nitrogens with one attached hydrogen (secondary N) is 1. The van der Waals surface area contributed by atoms with E-state index in [4.69, 9.17) is 11.0 Å². The lowest BCUT2D eigenvalue weighted by atomic mass is 10.8. The average molecular weight is 158 g/mol. The minimum atomic E-state index is 0.594. The van der Waals surface area contributed by atoms with E-state index in [0.29, 0.717) is 11.7 Å². The van der Waals surface area contributed by atoms with Crippen molar-refractivity contribution in [2.24, 2.45) is 10.7 Å². The van der Waals surface area contributed by atoms with Gasteiger partial charge in [-0.05, 0) is 0 Å². The summed E-state index contributed by atoms with van der Waals surface area (Å²) in [5, 5.41) is 11.2. The summed E-state index contributed by atoms with van der Waals surface area (Å²) < 4.78 is 0. The highest BCUT2D eigenvalue weighted by Crippen LogP contribution is 1.98. The number of aliphatic imine (C=N–C) groups is 1. The zero-order chi connectivity index (χ0) is 7.82. The number of hydrogen-bond acceptors (Lipinski definition) is 4. The van der Waals surface area contributed by atoms with Gasteiger partial charge in [-0.3, -0.25) is 10.3 Å². The Kier molecular flexibility index (Phi) is 5.92. The topological polar surface area (TPSA) is 74.2 Å². The Balaban J connectivity index is 3.54. The molecule has 0 aliphatic heterocycles. The quantitative estimate of drug-likeness (QED) is 0.251. The molecule has 0 aliphatic carbocycles. The van der Waals surface area contributed by atoms with Gasteiger partial charge in [0.1, 0.15) is 0 Å². The Morgan fingerprint density at radius 1 is 1.90 bits per heavy atom. The summed E-state index contributed by atoms with van der Waals surface area (Å²) in [6.07, 6.45) is 1.79. The second kappa shape index (κ2) is 6.39. The summed E-state index contributed by atoms with van der Waals surface area (Å²) >= 11 is 1.44. The van der Waals surface area contributed by atoms with Gasteiger partial charge in [0.2, 0.25) is 0 Å². The van der Waals surface area contributed by atoms with Crippen molar-refractivity contribution in [1.29, 1.82) is 5.26 Å². The second-order valence-corrected chi connectivity index (χ2v) is 2.49. The van der Waals surface area contributed by atoms with E-state index in [0.717, 1.165) is 5.75 Å². The van der Waals surface area contributed by atoms with Gasteiger partial charge in [0, 0.05) is 19.3 Å². The molecule has 0 aliphatic rings. The lowest BCUT2D eigenvalue weighted by molar-refractivity contribution is 1.15. The molecule has 0 spiro atoms. The molecule has 0 aromatic carbocycles. The van der Waals surface area contributed by atoms with E-state index in [2.05, 4.69) is 10.3 Å². The predicted octanol–water partition coefficient (Wildman–Crippen LogP) is -0.265. The van der Waals surface area contributed by atoms with Gasteiger partial charge in [-0.1, -0.05) is 11.8 Å². The first kappa shape index (κ1) is 9.27. The number of nitriles is 1. The molecule has 10 heavy (non-hydrogen) atoms. The van der Waals surface area contributed by atoms with Crippen LogP contribution >= 0.6 is 11.8 Å². The molecule has 3 N–H and O–H groups in total. The van der Waals surface area contributed by atoms with Crippen LogP contribution in [0.5, 0.6) is 0 Å². The SMILES string of the molecule is CN=C(NC#N)SCCN. The summed E-state index contributed by atoms with van der Waals surface area (Å²) in [5.74, 6) is 0.779. The maximum atomic E-state index is 8.18. The average Bonchev–Trinajstić information content (AvgIpc) is 1.98. The number of rotatable bonds is 2. The van der Waals surface area contributed by atoms with Crippen molar-refractivity contribution in [3.63, 3.8) is 0 Å². The van der Waals surface area contributed by atoms with Gasteiger partial charge in [-0.2, -0.15) is 5.26 Å². The summed E-state index contributed by atoms with van der Waals surface area (Å²) in [5.41, 5.74) is 5.24. The number of thioether (sulfide) groups is 1. The van der Waals surface area contributed by atoms with Crippen molar-refractivity contribution >= 4 is 16.9 Å². The fourth-order valence-corrected chi connectivity index (χ4v) is 0.918. The van der Waals surface area contributed by atoms with Crippen LogP contribution in [-0.2, 0) is 0 Å². The highest BCUT2D eigenvalue weighted by atomic mass is 32.2. The highest BCUT2D eigenvalue weighted by Gasteiger charge is 1.93. The van der Waals surface area contributed by atoms with Crippen molar-refractivity contribution in [1.82, 2.24) is 5.32 Å². The first-order chi connectivity index (χ1) is 4.85. The summed E-state index contributed by atoms with van der Waals surface area (Å²) in [6, 6.07) is 0. The van der Waals surface area contributed by atoms with Crippen molar-refractivity contribution in [3.8, 4) is 6.19 Å². The van der Waals surface area contributed by atoms with E-state index >= 15 is 0 Å². The van der Waals surface area contributed by atoms with Crippen LogP contribution in [0.2, 0.25) is 0 Å². The van der Waals surface area contributed by atoms with E-state index in [1.54, 1.807) is 13.2 Å². The van der Waals surface area contributed by atoms with E-state index < -0.39 is 0 Å². The standard InChI is InChI=1S/C5H10N4S/c1-8-5(9-4-7)10-3-2-6/h2-3,6H2,1H3,(H,8,9).